The highest BCUT2D eigenvalue weighted by atomic mass is 32.1. The number of para-hydroxylation sites is 2. The summed E-state index contributed by atoms with van der Waals surface area (Å²) in [7, 11) is 1.40. The number of hydrogen-bond donors (Lipinski definition) is 2. The molecule has 0 spiro atoms. The minimum Gasteiger partial charge on any atom is -0.465 e. The van der Waals surface area contributed by atoms with Crippen molar-refractivity contribution in [2.24, 2.45) is 0 Å². The van der Waals surface area contributed by atoms with E-state index >= 15 is 0 Å². The summed E-state index contributed by atoms with van der Waals surface area (Å²) in [6.45, 7) is 1.41. The first-order valence-electron chi connectivity index (χ1n) is 10.7. The first-order chi connectivity index (χ1) is 16.2. The lowest BCUT2D eigenvalue weighted by Gasteiger charge is -2.08. The van der Waals surface area contributed by atoms with Crippen LogP contribution in [-0.2, 0) is 17.8 Å². The number of aromatic nitrogens is 2. The molecule has 164 valence electrons. The fourth-order valence-corrected chi connectivity index (χ4v) is 4.75. The highest BCUT2D eigenvalue weighted by Gasteiger charge is 2.10. The minimum absolute atomic E-state index is 0.317. The summed E-state index contributed by atoms with van der Waals surface area (Å²) < 4.78 is 4.80. The molecular formula is C27H23N3O2S. The number of methoxy groups -OCH3 is 1. The molecule has 5 rings (SSSR count). The van der Waals surface area contributed by atoms with E-state index in [4.69, 9.17) is 9.72 Å². The van der Waals surface area contributed by atoms with Crippen molar-refractivity contribution < 1.29 is 9.53 Å². The van der Waals surface area contributed by atoms with Gasteiger partial charge < -0.3 is 15.0 Å². The van der Waals surface area contributed by atoms with Gasteiger partial charge >= 0.3 is 5.97 Å². The maximum Gasteiger partial charge on any atom is 0.337 e. The van der Waals surface area contributed by atoms with Crippen LogP contribution >= 0.6 is 11.3 Å². The summed E-state index contributed by atoms with van der Waals surface area (Å²) >= 11 is 1.73. The molecule has 0 bridgehead atoms. The number of aromatic amines is 1. The quantitative estimate of drug-likeness (QED) is 0.295. The Labute approximate surface area is 196 Å². The SMILES string of the molecule is COC(=O)c1cccc(CNCc2cccc(-c3ccc(-c4nc5ccccc5[nH]4)s3)c2)c1. The number of carbonyl (C=O) groups is 1. The van der Waals surface area contributed by atoms with Gasteiger partial charge in [-0.3, -0.25) is 0 Å². The van der Waals surface area contributed by atoms with E-state index in [1.807, 2.05) is 42.5 Å². The number of esters is 1. The number of hydrogen-bond acceptors (Lipinski definition) is 5. The van der Waals surface area contributed by atoms with Gasteiger partial charge in [-0.05, 0) is 59.2 Å². The van der Waals surface area contributed by atoms with E-state index in [0.29, 0.717) is 12.1 Å². The van der Waals surface area contributed by atoms with Gasteiger partial charge in [-0.25, -0.2) is 9.78 Å². The van der Waals surface area contributed by atoms with Gasteiger partial charge in [-0.15, -0.1) is 11.3 Å². The largest absolute Gasteiger partial charge is 0.465 e. The Morgan fingerprint density at radius 3 is 2.48 bits per heavy atom. The zero-order valence-electron chi connectivity index (χ0n) is 18.2. The van der Waals surface area contributed by atoms with E-state index < -0.39 is 0 Å². The van der Waals surface area contributed by atoms with Crippen molar-refractivity contribution >= 4 is 28.3 Å². The first kappa shape index (κ1) is 21.1. The topological polar surface area (TPSA) is 67.0 Å². The van der Waals surface area contributed by atoms with Crippen LogP contribution in [0.1, 0.15) is 21.5 Å². The third-order valence-corrected chi connectivity index (χ3v) is 6.59. The number of ether oxygens (including phenoxy) is 1. The molecule has 2 aromatic heterocycles. The lowest BCUT2D eigenvalue weighted by Crippen LogP contribution is -2.13. The van der Waals surface area contributed by atoms with Crippen LogP contribution in [0.3, 0.4) is 0 Å². The van der Waals surface area contributed by atoms with Crippen molar-refractivity contribution in [3.63, 3.8) is 0 Å². The van der Waals surface area contributed by atoms with Gasteiger partial charge in [0.05, 0.1) is 28.6 Å². The number of nitrogens with zero attached hydrogens (tertiary/aromatic N) is 1. The lowest BCUT2D eigenvalue weighted by molar-refractivity contribution is 0.0600. The van der Waals surface area contributed by atoms with Gasteiger partial charge in [-0.2, -0.15) is 0 Å². The number of carbonyl (C=O) groups excluding carboxylic acids is 1. The average Bonchev–Trinajstić information content (AvgIpc) is 3.51. The molecule has 2 N–H and O–H groups in total. The number of benzene rings is 3. The molecule has 0 unspecified atom stereocenters. The molecule has 0 aliphatic carbocycles. The van der Waals surface area contributed by atoms with Crippen molar-refractivity contribution in [2.45, 2.75) is 13.1 Å². The molecule has 0 amide bonds. The van der Waals surface area contributed by atoms with Gasteiger partial charge in [0.2, 0.25) is 0 Å². The molecule has 0 radical (unpaired) electrons. The molecule has 0 aliphatic heterocycles. The van der Waals surface area contributed by atoms with Crippen molar-refractivity contribution in [3.05, 3.63) is 102 Å². The van der Waals surface area contributed by atoms with Crippen LogP contribution in [0.15, 0.2) is 84.9 Å². The number of imidazole rings is 1. The molecule has 0 aliphatic rings. The Kier molecular flexibility index (Phi) is 6.02. The van der Waals surface area contributed by atoms with Crippen LogP contribution in [0.4, 0.5) is 0 Å². The van der Waals surface area contributed by atoms with Crippen LogP contribution in [0, 0.1) is 0 Å². The predicted octanol–water partition coefficient (Wildman–Crippen LogP) is 6.03. The number of rotatable bonds is 7. The number of nitrogens with one attached hydrogen (secondary N) is 2. The molecule has 5 nitrogen and oxygen atoms in total. The molecule has 2 heterocycles. The number of H-pyrrole nitrogens is 1. The van der Waals surface area contributed by atoms with Gasteiger partial charge in [0.25, 0.3) is 0 Å². The smallest absolute Gasteiger partial charge is 0.337 e. The second kappa shape index (κ2) is 9.40. The highest BCUT2D eigenvalue weighted by molar-refractivity contribution is 7.18. The fraction of sp³-hybridized carbons (Fsp3) is 0.111. The second-order valence-electron chi connectivity index (χ2n) is 7.76. The third-order valence-electron chi connectivity index (χ3n) is 5.45. The highest BCUT2D eigenvalue weighted by Crippen LogP contribution is 2.34. The van der Waals surface area contributed by atoms with Crippen LogP contribution in [-0.4, -0.2) is 23.0 Å². The number of fused-ring (bicyclic) bond motifs is 1. The first-order valence-corrected chi connectivity index (χ1v) is 11.5. The van der Waals surface area contributed by atoms with Crippen molar-refractivity contribution in [1.29, 1.82) is 0 Å². The summed E-state index contributed by atoms with van der Waals surface area (Å²) in [6.07, 6.45) is 0. The maximum atomic E-state index is 11.7. The van der Waals surface area contributed by atoms with Crippen molar-refractivity contribution in [3.8, 4) is 21.1 Å². The number of thiophene rings is 1. The van der Waals surface area contributed by atoms with E-state index in [2.05, 4.69) is 46.7 Å². The minimum atomic E-state index is -0.317. The normalized spacial score (nSPS) is 11.1. The van der Waals surface area contributed by atoms with Gasteiger partial charge in [0, 0.05) is 18.0 Å². The van der Waals surface area contributed by atoms with Crippen LogP contribution < -0.4 is 5.32 Å². The molecule has 6 heteroatoms. The van der Waals surface area contributed by atoms with Crippen LogP contribution in [0.2, 0.25) is 0 Å². The van der Waals surface area contributed by atoms with E-state index in [-0.39, 0.29) is 5.97 Å². The van der Waals surface area contributed by atoms with E-state index in [0.717, 1.165) is 33.8 Å². The van der Waals surface area contributed by atoms with Crippen molar-refractivity contribution in [2.75, 3.05) is 7.11 Å². The summed E-state index contributed by atoms with van der Waals surface area (Å²) in [6, 6.07) is 28.4. The molecule has 0 saturated heterocycles. The predicted molar refractivity (Wildman–Crippen MR) is 133 cm³/mol. The van der Waals surface area contributed by atoms with Crippen LogP contribution in [0.5, 0.6) is 0 Å². The molecule has 0 saturated carbocycles. The van der Waals surface area contributed by atoms with Crippen LogP contribution in [0.25, 0.3) is 32.2 Å². The molecule has 33 heavy (non-hydrogen) atoms. The summed E-state index contributed by atoms with van der Waals surface area (Å²) in [4.78, 5) is 22.2. The Hall–Kier alpha value is -3.74. The Bertz CT molecular complexity index is 1390. The monoisotopic (exact) mass is 453 g/mol. The zero-order chi connectivity index (χ0) is 22.6. The third kappa shape index (κ3) is 4.72. The standard InChI is InChI=1S/C27H23N3O2S/c1-32-27(31)21-9-5-7-19(15-21)17-28-16-18-6-4-8-20(14-18)24-12-13-25(33-24)26-29-22-10-2-3-11-23(22)30-26/h2-15,28H,16-17H2,1H3,(H,29,30). The van der Waals surface area contributed by atoms with Crippen molar-refractivity contribution in [1.82, 2.24) is 15.3 Å². The van der Waals surface area contributed by atoms with E-state index in [9.17, 15) is 4.79 Å². The maximum absolute atomic E-state index is 11.7. The lowest BCUT2D eigenvalue weighted by atomic mass is 10.1. The molecular weight excluding hydrogens is 430 g/mol. The molecule has 0 fully saturated rings. The summed E-state index contributed by atoms with van der Waals surface area (Å²) in [5.74, 6) is 0.585. The summed E-state index contributed by atoms with van der Waals surface area (Å²) in [5.41, 5.74) is 6.03. The molecule has 0 atom stereocenters. The summed E-state index contributed by atoms with van der Waals surface area (Å²) in [5, 5.41) is 3.46. The Morgan fingerprint density at radius 1 is 0.909 bits per heavy atom. The average molecular weight is 454 g/mol. The molecule has 3 aromatic carbocycles. The van der Waals surface area contributed by atoms with E-state index in [1.54, 1.807) is 17.4 Å². The second-order valence-corrected chi connectivity index (χ2v) is 8.85. The van der Waals surface area contributed by atoms with E-state index in [1.165, 1.54) is 23.1 Å². The van der Waals surface area contributed by atoms with Gasteiger partial charge in [0.1, 0.15) is 5.82 Å². The molecule has 5 aromatic rings. The Balaban J connectivity index is 1.27. The van der Waals surface area contributed by atoms with Gasteiger partial charge in [0.15, 0.2) is 0 Å². The zero-order valence-corrected chi connectivity index (χ0v) is 19.0. The fourth-order valence-electron chi connectivity index (χ4n) is 3.80. The Morgan fingerprint density at radius 2 is 1.67 bits per heavy atom. The van der Waals surface area contributed by atoms with Gasteiger partial charge in [-0.1, -0.05) is 42.5 Å².